The van der Waals surface area contributed by atoms with Crippen LogP contribution in [0.4, 0.5) is 0 Å². The predicted octanol–water partition coefficient (Wildman–Crippen LogP) is 1.32. The summed E-state index contributed by atoms with van der Waals surface area (Å²) < 4.78 is 10.6. The second kappa shape index (κ2) is 8.37. The SMILES string of the molecule is COc1ccc(OCCCC(=O)N[C@@H](C)CN)cc1. The molecule has 0 aromatic heterocycles. The van der Waals surface area contributed by atoms with Crippen LogP contribution in [0.15, 0.2) is 24.3 Å². The zero-order chi connectivity index (χ0) is 14.1. The van der Waals surface area contributed by atoms with Crippen LogP contribution < -0.4 is 20.5 Å². The van der Waals surface area contributed by atoms with Gasteiger partial charge in [-0.3, -0.25) is 4.79 Å². The molecular weight excluding hydrogens is 244 g/mol. The Hall–Kier alpha value is -1.75. The van der Waals surface area contributed by atoms with Crippen molar-refractivity contribution >= 4 is 5.91 Å². The van der Waals surface area contributed by atoms with Crippen molar-refractivity contribution in [3.05, 3.63) is 24.3 Å². The van der Waals surface area contributed by atoms with E-state index in [4.69, 9.17) is 15.2 Å². The molecule has 19 heavy (non-hydrogen) atoms. The third-order valence-corrected chi connectivity index (χ3v) is 2.64. The summed E-state index contributed by atoms with van der Waals surface area (Å²) in [4.78, 5) is 11.5. The summed E-state index contributed by atoms with van der Waals surface area (Å²) >= 11 is 0. The van der Waals surface area contributed by atoms with Crippen LogP contribution in [-0.2, 0) is 4.79 Å². The molecule has 0 heterocycles. The van der Waals surface area contributed by atoms with Crippen LogP contribution in [0.3, 0.4) is 0 Å². The summed E-state index contributed by atoms with van der Waals surface area (Å²) in [6.45, 7) is 2.84. The topological polar surface area (TPSA) is 73.6 Å². The van der Waals surface area contributed by atoms with E-state index in [1.54, 1.807) is 7.11 Å². The molecule has 0 unspecified atom stereocenters. The molecule has 0 radical (unpaired) electrons. The highest BCUT2D eigenvalue weighted by Crippen LogP contribution is 2.17. The van der Waals surface area contributed by atoms with Gasteiger partial charge in [0.15, 0.2) is 0 Å². The van der Waals surface area contributed by atoms with E-state index in [1.807, 2.05) is 31.2 Å². The molecule has 0 aliphatic rings. The van der Waals surface area contributed by atoms with Gasteiger partial charge in [-0.05, 0) is 37.6 Å². The summed E-state index contributed by atoms with van der Waals surface area (Å²) in [6, 6.07) is 7.39. The van der Waals surface area contributed by atoms with E-state index in [9.17, 15) is 4.79 Å². The van der Waals surface area contributed by atoms with Gasteiger partial charge < -0.3 is 20.5 Å². The lowest BCUT2D eigenvalue weighted by Crippen LogP contribution is -2.37. The van der Waals surface area contributed by atoms with Crippen LogP contribution in [0.25, 0.3) is 0 Å². The molecule has 0 saturated carbocycles. The zero-order valence-corrected chi connectivity index (χ0v) is 11.5. The first-order chi connectivity index (χ1) is 9.15. The first-order valence-electron chi connectivity index (χ1n) is 6.42. The van der Waals surface area contributed by atoms with E-state index < -0.39 is 0 Å². The first-order valence-corrected chi connectivity index (χ1v) is 6.42. The Morgan fingerprint density at radius 1 is 1.32 bits per heavy atom. The van der Waals surface area contributed by atoms with E-state index in [0.717, 1.165) is 11.5 Å². The number of nitrogens with two attached hydrogens (primary N) is 1. The Bertz CT molecular complexity index is 379. The Morgan fingerprint density at radius 2 is 1.95 bits per heavy atom. The van der Waals surface area contributed by atoms with Gasteiger partial charge >= 0.3 is 0 Å². The molecule has 0 bridgehead atoms. The fraction of sp³-hybridized carbons (Fsp3) is 0.500. The molecule has 0 spiro atoms. The highest BCUT2D eigenvalue weighted by atomic mass is 16.5. The monoisotopic (exact) mass is 266 g/mol. The Kier molecular flexibility index (Phi) is 6.74. The van der Waals surface area contributed by atoms with Gasteiger partial charge in [0, 0.05) is 19.0 Å². The van der Waals surface area contributed by atoms with Gasteiger partial charge in [0.05, 0.1) is 13.7 Å². The molecular formula is C14H22N2O3. The number of hydrogen-bond acceptors (Lipinski definition) is 4. The molecule has 1 atom stereocenters. The van der Waals surface area contributed by atoms with Gasteiger partial charge in [0.2, 0.25) is 5.91 Å². The van der Waals surface area contributed by atoms with Crippen molar-refractivity contribution in [1.82, 2.24) is 5.32 Å². The van der Waals surface area contributed by atoms with Gasteiger partial charge in [0.25, 0.3) is 0 Å². The van der Waals surface area contributed by atoms with Crippen molar-refractivity contribution in [2.75, 3.05) is 20.3 Å². The number of carbonyl (C=O) groups excluding carboxylic acids is 1. The summed E-state index contributed by atoms with van der Waals surface area (Å²) in [5, 5.41) is 2.81. The molecule has 1 rings (SSSR count). The average molecular weight is 266 g/mol. The number of carbonyl (C=O) groups is 1. The van der Waals surface area contributed by atoms with Crippen LogP contribution in [0, 0.1) is 0 Å². The fourth-order valence-electron chi connectivity index (χ4n) is 1.50. The Labute approximate surface area is 114 Å². The van der Waals surface area contributed by atoms with E-state index in [1.165, 1.54) is 0 Å². The molecule has 0 aliphatic carbocycles. The van der Waals surface area contributed by atoms with Gasteiger partial charge in [-0.15, -0.1) is 0 Å². The number of hydrogen-bond donors (Lipinski definition) is 2. The molecule has 5 heteroatoms. The van der Waals surface area contributed by atoms with E-state index in [0.29, 0.717) is 26.0 Å². The van der Waals surface area contributed by atoms with Crippen molar-refractivity contribution in [1.29, 1.82) is 0 Å². The number of benzene rings is 1. The molecule has 0 fully saturated rings. The molecule has 106 valence electrons. The lowest BCUT2D eigenvalue weighted by atomic mass is 10.2. The summed E-state index contributed by atoms with van der Waals surface area (Å²) in [7, 11) is 1.62. The lowest BCUT2D eigenvalue weighted by molar-refractivity contribution is -0.121. The Morgan fingerprint density at radius 3 is 2.53 bits per heavy atom. The smallest absolute Gasteiger partial charge is 0.220 e. The maximum atomic E-state index is 11.5. The molecule has 1 aromatic carbocycles. The summed E-state index contributed by atoms with van der Waals surface area (Å²) in [5.74, 6) is 1.58. The average Bonchev–Trinajstić information content (AvgIpc) is 2.44. The second-order valence-electron chi connectivity index (χ2n) is 4.33. The van der Waals surface area contributed by atoms with Crippen LogP contribution in [0.5, 0.6) is 11.5 Å². The minimum Gasteiger partial charge on any atom is -0.497 e. The van der Waals surface area contributed by atoms with E-state index in [-0.39, 0.29) is 11.9 Å². The number of methoxy groups -OCH3 is 1. The standard InChI is InChI=1S/C14H22N2O3/c1-11(10-15)16-14(17)4-3-9-19-13-7-5-12(18-2)6-8-13/h5-8,11H,3-4,9-10,15H2,1-2H3,(H,16,17)/t11-/m0/s1. The van der Waals surface area contributed by atoms with E-state index >= 15 is 0 Å². The highest BCUT2D eigenvalue weighted by molar-refractivity contribution is 5.76. The number of rotatable bonds is 8. The zero-order valence-electron chi connectivity index (χ0n) is 11.5. The van der Waals surface area contributed by atoms with Crippen molar-refractivity contribution in [3.63, 3.8) is 0 Å². The minimum absolute atomic E-state index is 0.0104. The molecule has 0 saturated heterocycles. The molecule has 0 aliphatic heterocycles. The van der Waals surface area contributed by atoms with Crippen LogP contribution in [-0.4, -0.2) is 32.2 Å². The molecule has 3 N–H and O–H groups in total. The third-order valence-electron chi connectivity index (χ3n) is 2.64. The second-order valence-corrected chi connectivity index (χ2v) is 4.33. The summed E-state index contributed by atoms with van der Waals surface area (Å²) in [5.41, 5.74) is 5.43. The maximum absolute atomic E-state index is 11.5. The fourth-order valence-corrected chi connectivity index (χ4v) is 1.50. The van der Waals surface area contributed by atoms with Gasteiger partial charge in [-0.25, -0.2) is 0 Å². The Balaban J connectivity index is 2.17. The molecule has 1 aromatic rings. The van der Waals surface area contributed by atoms with Crippen molar-refractivity contribution in [2.24, 2.45) is 5.73 Å². The van der Waals surface area contributed by atoms with Crippen molar-refractivity contribution in [2.45, 2.75) is 25.8 Å². The van der Waals surface area contributed by atoms with Crippen LogP contribution >= 0.6 is 0 Å². The minimum atomic E-state index is 0.0104. The third kappa shape index (κ3) is 6.10. The number of nitrogens with one attached hydrogen (secondary N) is 1. The van der Waals surface area contributed by atoms with Crippen LogP contribution in [0.1, 0.15) is 19.8 Å². The van der Waals surface area contributed by atoms with Gasteiger partial charge in [0.1, 0.15) is 11.5 Å². The quantitative estimate of drug-likeness (QED) is 0.696. The summed E-state index contributed by atoms with van der Waals surface area (Å²) in [6.07, 6.45) is 1.12. The van der Waals surface area contributed by atoms with Gasteiger partial charge in [-0.2, -0.15) is 0 Å². The van der Waals surface area contributed by atoms with Gasteiger partial charge in [-0.1, -0.05) is 0 Å². The number of amides is 1. The molecule has 1 amide bonds. The first kappa shape index (κ1) is 15.3. The lowest BCUT2D eigenvalue weighted by Gasteiger charge is -2.11. The maximum Gasteiger partial charge on any atom is 0.220 e. The molecule has 5 nitrogen and oxygen atoms in total. The van der Waals surface area contributed by atoms with E-state index in [2.05, 4.69) is 5.32 Å². The number of ether oxygens (including phenoxy) is 2. The highest BCUT2D eigenvalue weighted by Gasteiger charge is 2.05. The van der Waals surface area contributed by atoms with Crippen LogP contribution in [0.2, 0.25) is 0 Å². The van der Waals surface area contributed by atoms with Crippen molar-refractivity contribution in [3.8, 4) is 11.5 Å². The predicted molar refractivity (Wildman–Crippen MR) is 74.4 cm³/mol. The largest absolute Gasteiger partial charge is 0.497 e. The van der Waals surface area contributed by atoms with Crippen molar-refractivity contribution < 1.29 is 14.3 Å². The normalized spacial score (nSPS) is 11.7.